The molecule has 0 spiro atoms. The molecule has 2 aliphatic heterocycles. The second kappa shape index (κ2) is 14.0. The van der Waals surface area contributed by atoms with Crippen LogP contribution in [-0.2, 0) is 20.8 Å². The molecule has 1 saturated heterocycles. The molecule has 2 amide bonds. The quantitative estimate of drug-likeness (QED) is 0.253. The van der Waals surface area contributed by atoms with E-state index in [-0.39, 0.29) is 23.3 Å². The highest BCUT2D eigenvalue weighted by molar-refractivity contribution is 6.45. The molecular formula is C31H40Cl2N4O5. The number of aryl methyl sites for hydroxylation is 1. The fraction of sp³-hybridized carbons (Fsp3) is 0.516. The highest BCUT2D eigenvalue weighted by atomic mass is 35.5. The van der Waals surface area contributed by atoms with Crippen molar-refractivity contribution < 1.29 is 24.2 Å². The summed E-state index contributed by atoms with van der Waals surface area (Å²) in [6, 6.07) is 9.53. The summed E-state index contributed by atoms with van der Waals surface area (Å²) < 4.78 is 5.92. The highest BCUT2D eigenvalue weighted by Crippen LogP contribution is 2.39. The van der Waals surface area contributed by atoms with Crippen molar-refractivity contribution in [3.8, 4) is 5.75 Å². The minimum atomic E-state index is -0.936. The molecule has 4 rings (SSSR count). The van der Waals surface area contributed by atoms with Gasteiger partial charge in [-0.3, -0.25) is 19.3 Å². The summed E-state index contributed by atoms with van der Waals surface area (Å²) in [6.45, 7) is 10.0. The molecule has 2 aromatic rings. The number of carbonyl (C=O) groups excluding carboxylic acids is 2. The van der Waals surface area contributed by atoms with E-state index in [9.17, 15) is 19.5 Å². The third-order valence-electron chi connectivity index (χ3n) is 7.99. The number of halogens is 2. The Bertz CT molecular complexity index is 1310. The minimum Gasteiger partial charge on any atom is -0.494 e. The smallest absolute Gasteiger partial charge is 0.306 e. The molecule has 1 fully saturated rings. The molecule has 11 heteroatoms. The molecule has 1 unspecified atom stereocenters. The Morgan fingerprint density at radius 3 is 2.52 bits per heavy atom. The molecule has 1 atom stereocenters. The van der Waals surface area contributed by atoms with Gasteiger partial charge < -0.3 is 25.4 Å². The minimum absolute atomic E-state index is 0.0520. The number of nitrogens with one attached hydrogen (secondary N) is 2. The van der Waals surface area contributed by atoms with Gasteiger partial charge >= 0.3 is 5.97 Å². The Morgan fingerprint density at radius 2 is 1.81 bits per heavy atom. The van der Waals surface area contributed by atoms with Gasteiger partial charge in [-0.2, -0.15) is 0 Å². The third kappa shape index (κ3) is 8.08. The number of unbranched alkanes of at least 4 members (excludes halogenated alkanes) is 1. The van der Waals surface area contributed by atoms with Crippen LogP contribution in [0.25, 0.3) is 0 Å². The van der Waals surface area contributed by atoms with E-state index in [0.717, 1.165) is 74.7 Å². The fourth-order valence-electron chi connectivity index (χ4n) is 5.40. The van der Waals surface area contributed by atoms with Gasteiger partial charge in [-0.25, -0.2) is 0 Å². The first-order valence-corrected chi connectivity index (χ1v) is 15.3. The van der Waals surface area contributed by atoms with Gasteiger partial charge in [-0.15, -0.1) is 0 Å². The monoisotopic (exact) mass is 618 g/mol. The number of rotatable bonds is 12. The first-order chi connectivity index (χ1) is 19.9. The van der Waals surface area contributed by atoms with Crippen molar-refractivity contribution in [2.24, 2.45) is 11.3 Å². The largest absolute Gasteiger partial charge is 0.494 e. The molecule has 2 aliphatic rings. The van der Waals surface area contributed by atoms with Gasteiger partial charge in [0, 0.05) is 49.8 Å². The average Bonchev–Trinajstić information content (AvgIpc) is 2.95. The summed E-state index contributed by atoms with van der Waals surface area (Å²) in [6.07, 6.45) is 3.46. The van der Waals surface area contributed by atoms with Crippen LogP contribution in [0.3, 0.4) is 0 Å². The van der Waals surface area contributed by atoms with E-state index in [1.165, 1.54) is 0 Å². The Kier molecular flexibility index (Phi) is 10.6. The van der Waals surface area contributed by atoms with Crippen molar-refractivity contribution in [1.29, 1.82) is 0 Å². The highest BCUT2D eigenvalue weighted by Gasteiger charge is 2.32. The topological polar surface area (TPSA) is 111 Å². The molecule has 2 heterocycles. The van der Waals surface area contributed by atoms with Gasteiger partial charge in [-0.1, -0.05) is 50.0 Å². The van der Waals surface area contributed by atoms with Crippen molar-refractivity contribution in [1.82, 2.24) is 4.90 Å². The lowest BCUT2D eigenvalue weighted by Crippen LogP contribution is -2.46. The summed E-state index contributed by atoms with van der Waals surface area (Å²) in [5.41, 5.74) is 2.35. The van der Waals surface area contributed by atoms with E-state index in [1.54, 1.807) is 26.8 Å². The van der Waals surface area contributed by atoms with Gasteiger partial charge in [0.05, 0.1) is 33.9 Å². The number of fused-ring (bicyclic) bond motifs is 1. The predicted molar refractivity (Wildman–Crippen MR) is 167 cm³/mol. The van der Waals surface area contributed by atoms with Crippen molar-refractivity contribution in [2.45, 2.75) is 52.9 Å². The molecule has 2 aromatic carbocycles. The van der Waals surface area contributed by atoms with E-state index in [0.29, 0.717) is 23.7 Å². The maximum atomic E-state index is 12.9. The number of nitrogens with zero attached hydrogens (tertiary/aromatic N) is 2. The number of benzene rings is 2. The Balaban J connectivity index is 1.20. The maximum absolute atomic E-state index is 12.9. The van der Waals surface area contributed by atoms with E-state index in [1.807, 2.05) is 24.3 Å². The first-order valence-electron chi connectivity index (χ1n) is 14.5. The van der Waals surface area contributed by atoms with Gasteiger partial charge in [0.1, 0.15) is 5.75 Å². The van der Waals surface area contributed by atoms with Gasteiger partial charge in [0.2, 0.25) is 11.8 Å². The molecular weight excluding hydrogens is 579 g/mol. The molecule has 0 saturated carbocycles. The van der Waals surface area contributed by atoms with Crippen molar-refractivity contribution in [3.63, 3.8) is 0 Å². The standard InChI is InChI=1S/C31H40Cl2N4O5/c1-20(29(39)40)19-31(2,3)30(41)35-23-9-10-25(28(33)27(23)32)37-15-13-36(14-16-37)12-4-5-17-42-22-8-6-21-7-11-26(38)34-24(21)18-22/h6,8-10,18,20H,4-5,7,11-17,19H2,1-3H3,(H,34,38)(H,35,41)(H,39,40). The normalized spacial score (nSPS) is 16.4. The molecule has 3 N–H and O–H groups in total. The summed E-state index contributed by atoms with van der Waals surface area (Å²) in [7, 11) is 0. The van der Waals surface area contributed by atoms with Crippen LogP contribution in [0.5, 0.6) is 5.75 Å². The Labute approximate surface area is 257 Å². The van der Waals surface area contributed by atoms with Crippen molar-refractivity contribution in [2.75, 3.05) is 54.9 Å². The zero-order chi connectivity index (χ0) is 30.4. The van der Waals surface area contributed by atoms with Crippen LogP contribution in [0.4, 0.5) is 17.1 Å². The van der Waals surface area contributed by atoms with Crippen molar-refractivity contribution in [3.05, 3.63) is 45.9 Å². The average molecular weight is 620 g/mol. The zero-order valence-corrected chi connectivity index (χ0v) is 26.0. The summed E-state index contributed by atoms with van der Waals surface area (Å²) >= 11 is 13.2. The number of hydrogen-bond acceptors (Lipinski definition) is 6. The summed E-state index contributed by atoms with van der Waals surface area (Å²) in [4.78, 5) is 40.4. The van der Waals surface area contributed by atoms with Gasteiger partial charge in [-0.05, 0) is 56.0 Å². The fourth-order valence-corrected chi connectivity index (χ4v) is 5.89. The Hall–Kier alpha value is -3.01. The number of carboxylic acids is 1. The number of piperazine rings is 1. The molecule has 42 heavy (non-hydrogen) atoms. The number of aliphatic carboxylic acids is 1. The molecule has 228 valence electrons. The molecule has 0 bridgehead atoms. The lowest BCUT2D eigenvalue weighted by Gasteiger charge is -2.36. The second-order valence-corrected chi connectivity index (χ2v) is 12.5. The third-order valence-corrected chi connectivity index (χ3v) is 8.86. The van der Waals surface area contributed by atoms with Crippen LogP contribution in [0, 0.1) is 11.3 Å². The maximum Gasteiger partial charge on any atom is 0.306 e. The number of amides is 2. The molecule has 9 nitrogen and oxygen atoms in total. The first kappa shape index (κ1) is 31.9. The molecule has 0 aromatic heterocycles. The van der Waals surface area contributed by atoms with Crippen LogP contribution in [0.1, 0.15) is 52.0 Å². The number of ether oxygens (including phenoxy) is 1. The van der Waals surface area contributed by atoms with Crippen LogP contribution in [0.15, 0.2) is 30.3 Å². The molecule has 0 aliphatic carbocycles. The van der Waals surface area contributed by atoms with E-state index >= 15 is 0 Å². The van der Waals surface area contributed by atoms with Crippen LogP contribution < -0.4 is 20.3 Å². The lowest BCUT2D eigenvalue weighted by molar-refractivity contribution is -0.142. The van der Waals surface area contributed by atoms with Crippen LogP contribution in [-0.4, -0.2) is 67.1 Å². The summed E-state index contributed by atoms with van der Waals surface area (Å²) in [5.74, 6) is -1.06. The van der Waals surface area contributed by atoms with E-state index in [4.69, 9.17) is 27.9 Å². The van der Waals surface area contributed by atoms with Crippen molar-refractivity contribution >= 4 is 58.0 Å². The second-order valence-electron chi connectivity index (χ2n) is 11.8. The van der Waals surface area contributed by atoms with Crippen LogP contribution in [0.2, 0.25) is 10.0 Å². The number of carboxylic acid groups (broad SMARTS) is 1. The lowest BCUT2D eigenvalue weighted by atomic mass is 9.82. The van der Waals surface area contributed by atoms with E-state index < -0.39 is 17.3 Å². The summed E-state index contributed by atoms with van der Waals surface area (Å²) in [5, 5.41) is 15.6. The number of anilines is 3. The van der Waals surface area contributed by atoms with Crippen LogP contribution >= 0.6 is 23.2 Å². The predicted octanol–water partition coefficient (Wildman–Crippen LogP) is 5.93. The number of carbonyl (C=O) groups is 3. The molecule has 0 radical (unpaired) electrons. The van der Waals surface area contributed by atoms with Gasteiger partial charge in [0.15, 0.2) is 0 Å². The SMILES string of the molecule is CC(CC(C)(C)C(=O)Nc1ccc(N2CCN(CCCCOc3ccc4c(c3)NC(=O)CC4)CC2)c(Cl)c1Cl)C(=O)O. The zero-order valence-electron chi connectivity index (χ0n) is 24.5. The Morgan fingerprint density at radius 1 is 1.07 bits per heavy atom. The van der Waals surface area contributed by atoms with Gasteiger partial charge in [0.25, 0.3) is 0 Å². The van der Waals surface area contributed by atoms with E-state index in [2.05, 4.69) is 20.4 Å². The number of hydrogen-bond donors (Lipinski definition) is 3.